The van der Waals surface area contributed by atoms with Crippen molar-refractivity contribution in [2.45, 2.75) is 56.2 Å². The smallest absolute Gasteiger partial charge is 0.417 e. The van der Waals surface area contributed by atoms with Crippen molar-refractivity contribution < 1.29 is 52.5 Å². The van der Waals surface area contributed by atoms with Gasteiger partial charge in [0.2, 0.25) is 5.91 Å². The molecule has 6 atom stereocenters. The summed E-state index contributed by atoms with van der Waals surface area (Å²) in [6.07, 6.45) is -5.59. The van der Waals surface area contributed by atoms with Crippen molar-refractivity contribution in [1.82, 2.24) is 9.80 Å². The predicted octanol–water partition coefficient (Wildman–Crippen LogP) is -0.157. The van der Waals surface area contributed by atoms with Crippen LogP contribution in [0, 0.1) is 23.7 Å². The van der Waals surface area contributed by atoms with Gasteiger partial charge in [0.1, 0.15) is 5.75 Å². The normalized spacial score (nSPS) is 32.5. The molecule has 0 radical (unpaired) electrons. The van der Waals surface area contributed by atoms with Crippen LogP contribution >= 0.6 is 0 Å². The number of rotatable bonds is 4. The highest BCUT2D eigenvalue weighted by Gasteiger charge is 2.69. The number of likely N-dealkylation sites (tertiary alicyclic amines) is 1. The van der Waals surface area contributed by atoms with E-state index >= 15 is 0 Å². The van der Waals surface area contributed by atoms with Gasteiger partial charge in [-0.3, -0.25) is 33.8 Å². The zero-order valence-corrected chi connectivity index (χ0v) is 23.0. The fourth-order valence-corrected chi connectivity index (χ4v) is 7.54. The third-order valence-corrected chi connectivity index (χ3v) is 9.38. The predicted molar refractivity (Wildman–Crippen MR) is 137 cm³/mol. The first kappa shape index (κ1) is 30.3. The van der Waals surface area contributed by atoms with Crippen molar-refractivity contribution in [1.29, 1.82) is 0 Å². The number of nitrogens with two attached hydrogens (primary N) is 1. The van der Waals surface area contributed by atoms with Crippen molar-refractivity contribution in [2.24, 2.45) is 29.4 Å². The van der Waals surface area contributed by atoms with Gasteiger partial charge < -0.3 is 21.1 Å². The molecule has 5 rings (SSSR count). The number of aromatic hydroxyl groups is 1. The minimum absolute atomic E-state index is 0.202. The zero-order valence-electron chi connectivity index (χ0n) is 23.0. The molecule has 0 bridgehead atoms. The summed E-state index contributed by atoms with van der Waals surface area (Å²) in [6, 6.07) is -0.506. The molecule has 1 heterocycles. The molecule has 3 fully saturated rings. The van der Waals surface area contributed by atoms with Crippen LogP contribution in [0.25, 0.3) is 0 Å². The highest BCUT2D eigenvalue weighted by molar-refractivity contribution is 6.32. The van der Waals surface area contributed by atoms with Crippen molar-refractivity contribution in [3.05, 3.63) is 28.3 Å². The Kier molecular flexibility index (Phi) is 7.36. The van der Waals surface area contributed by atoms with Gasteiger partial charge in [-0.1, -0.05) is 0 Å². The number of alkyl halides is 3. The Morgan fingerprint density at radius 3 is 2.31 bits per heavy atom. The SMILES string of the molecule is CN(C)[C@@H]1C(=O)C(C(N)=O)C(=O)[C@@]2(O)C(=O)C3C(=O)c4c(O)cc(CN5CCC(O)CC5)c(C(F)(F)F)c4C[C@H]3C[C@@H]12. The van der Waals surface area contributed by atoms with E-state index in [4.69, 9.17) is 5.73 Å². The largest absolute Gasteiger partial charge is 0.507 e. The number of aliphatic hydroxyl groups excluding tert-OH is 1. The number of carbonyl (C=O) groups excluding carboxylic acids is 5. The topological polar surface area (TPSA) is 179 Å². The standard InChI is InChI=1S/C28H32F3N3O8/c1-33(2)21-15-8-11-7-14-18(22(37)17(11)24(39)27(15,42)25(40)19(23(21)38)26(32)41)16(36)9-12(20(14)28(29,30)31)10-34-5-3-13(35)4-6-34/h9,11,13,15,17,19,21,35-36,42H,3-8,10H2,1-2H3,(H2,32,41)/t11-,15-,17?,19?,21-,27-/m0/s1. The summed E-state index contributed by atoms with van der Waals surface area (Å²) in [5.74, 6) is -13.5. The zero-order chi connectivity index (χ0) is 31.0. The van der Waals surface area contributed by atoms with Gasteiger partial charge in [-0.05, 0) is 62.9 Å². The molecule has 1 saturated heterocycles. The molecular weight excluding hydrogens is 563 g/mol. The molecule has 14 heteroatoms. The quantitative estimate of drug-likeness (QED) is 0.342. The number of aliphatic hydroxyl groups is 2. The fourth-order valence-electron chi connectivity index (χ4n) is 7.54. The summed E-state index contributed by atoms with van der Waals surface area (Å²) in [5.41, 5.74) is -0.231. The van der Waals surface area contributed by atoms with Gasteiger partial charge in [0.05, 0.1) is 29.2 Å². The van der Waals surface area contributed by atoms with Crippen molar-refractivity contribution in [3.63, 3.8) is 0 Å². The van der Waals surface area contributed by atoms with Crippen LogP contribution in [0.1, 0.15) is 46.3 Å². The molecule has 5 N–H and O–H groups in total. The fraction of sp³-hybridized carbons (Fsp3) is 0.607. The van der Waals surface area contributed by atoms with Gasteiger partial charge in [0.15, 0.2) is 34.7 Å². The van der Waals surface area contributed by atoms with Gasteiger partial charge in [0, 0.05) is 25.6 Å². The number of hydrogen-bond acceptors (Lipinski definition) is 10. The first-order valence-electron chi connectivity index (χ1n) is 13.7. The second-order valence-corrected chi connectivity index (χ2v) is 12.1. The maximum atomic E-state index is 14.6. The number of benzene rings is 1. The van der Waals surface area contributed by atoms with Crippen LogP contribution in [0.15, 0.2) is 6.07 Å². The van der Waals surface area contributed by atoms with E-state index in [2.05, 4.69) is 0 Å². The number of nitrogens with zero attached hydrogens (tertiary/aromatic N) is 2. The van der Waals surface area contributed by atoms with E-state index in [1.165, 1.54) is 19.0 Å². The molecule has 3 aliphatic carbocycles. The molecule has 1 aromatic rings. The number of fused-ring (bicyclic) bond motifs is 3. The number of phenols is 1. The lowest BCUT2D eigenvalue weighted by Crippen LogP contribution is -2.74. The number of ketones is 4. The lowest BCUT2D eigenvalue weighted by atomic mass is 9.52. The monoisotopic (exact) mass is 595 g/mol. The number of phenolic OH excluding ortho intramolecular Hbond substituents is 1. The molecule has 11 nitrogen and oxygen atoms in total. The first-order valence-corrected chi connectivity index (χ1v) is 13.7. The van der Waals surface area contributed by atoms with Crippen LogP contribution in [0.5, 0.6) is 5.75 Å². The van der Waals surface area contributed by atoms with Crippen LogP contribution in [-0.4, -0.2) is 99.1 Å². The van der Waals surface area contributed by atoms with E-state index in [-0.39, 0.29) is 18.5 Å². The Bertz CT molecular complexity index is 1390. The van der Waals surface area contributed by atoms with Gasteiger partial charge >= 0.3 is 6.18 Å². The number of Topliss-reactive ketones (excluding diaryl/α,β-unsaturated/α-hetero) is 4. The first-order chi connectivity index (χ1) is 19.5. The molecule has 4 aliphatic rings. The summed E-state index contributed by atoms with van der Waals surface area (Å²) in [7, 11) is 2.83. The highest BCUT2D eigenvalue weighted by Crippen LogP contribution is 2.52. The summed E-state index contributed by atoms with van der Waals surface area (Å²) in [4.78, 5) is 69.1. The molecule has 42 heavy (non-hydrogen) atoms. The number of primary amides is 1. The highest BCUT2D eigenvalue weighted by atomic mass is 19.4. The van der Waals surface area contributed by atoms with E-state index in [9.17, 15) is 52.5 Å². The van der Waals surface area contributed by atoms with E-state index in [1.54, 1.807) is 4.90 Å². The van der Waals surface area contributed by atoms with E-state index < -0.39 is 105 Å². The van der Waals surface area contributed by atoms with Crippen LogP contribution in [0.3, 0.4) is 0 Å². The van der Waals surface area contributed by atoms with Crippen molar-refractivity contribution in [2.75, 3.05) is 27.2 Å². The summed E-state index contributed by atoms with van der Waals surface area (Å²) in [5, 5.41) is 32.2. The van der Waals surface area contributed by atoms with E-state index in [0.717, 1.165) is 6.07 Å². The van der Waals surface area contributed by atoms with Crippen LogP contribution in [-0.2, 0) is 38.3 Å². The number of halogens is 3. The molecule has 1 aliphatic heterocycles. The Morgan fingerprint density at radius 2 is 1.76 bits per heavy atom. The molecule has 0 aromatic heterocycles. The number of hydrogen-bond donors (Lipinski definition) is 4. The second-order valence-electron chi connectivity index (χ2n) is 12.1. The van der Waals surface area contributed by atoms with Crippen LogP contribution in [0.4, 0.5) is 13.2 Å². The van der Waals surface area contributed by atoms with Crippen molar-refractivity contribution >= 4 is 29.0 Å². The molecular formula is C28H32F3N3O8. The lowest BCUT2D eigenvalue weighted by Gasteiger charge is -2.52. The number of likely N-dealkylation sites (N-methyl/N-ethyl adjacent to an activating group) is 1. The number of amides is 1. The Morgan fingerprint density at radius 1 is 1.14 bits per heavy atom. The molecule has 2 saturated carbocycles. The summed E-state index contributed by atoms with van der Waals surface area (Å²) in [6.45, 7) is 0.455. The lowest BCUT2D eigenvalue weighted by molar-refractivity contribution is -0.181. The Hall–Kier alpha value is -3.20. The molecule has 1 amide bonds. The summed E-state index contributed by atoms with van der Waals surface area (Å²) < 4.78 is 43.9. The second kappa shape index (κ2) is 10.2. The van der Waals surface area contributed by atoms with Gasteiger partial charge in [-0.25, -0.2) is 0 Å². The maximum absolute atomic E-state index is 14.6. The Labute approximate surface area is 238 Å². The van der Waals surface area contributed by atoms with Gasteiger partial charge in [-0.15, -0.1) is 0 Å². The van der Waals surface area contributed by atoms with Crippen LogP contribution in [0.2, 0.25) is 0 Å². The third-order valence-electron chi connectivity index (χ3n) is 9.38. The van der Waals surface area contributed by atoms with Crippen LogP contribution < -0.4 is 5.73 Å². The molecule has 1 aromatic carbocycles. The van der Waals surface area contributed by atoms with E-state index in [0.29, 0.717) is 25.9 Å². The Balaban J connectivity index is 1.62. The maximum Gasteiger partial charge on any atom is 0.417 e. The number of carbonyl (C=O) groups is 5. The minimum Gasteiger partial charge on any atom is -0.507 e. The average Bonchev–Trinajstić information content (AvgIpc) is 2.86. The van der Waals surface area contributed by atoms with Gasteiger partial charge in [-0.2, -0.15) is 13.2 Å². The molecule has 2 unspecified atom stereocenters. The molecule has 228 valence electrons. The van der Waals surface area contributed by atoms with Gasteiger partial charge in [0.25, 0.3) is 0 Å². The molecule has 0 spiro atoms. The third kappa shape index (κ3) is 4.46. The minimum atomic E-state index is -4.94. The van der Waals surface area contributed by atoms with Crippen molar-refractivity contribution in [3.8, 4) is 5.75 Å². The number of piperidine rings is 1. The van der Waals surface area contributed by atoms with E-state index in [1.807, 2.05) is 0 Å². The summed E-state index contributed by atoms with van der Waals surface area (Å²) >= 11 is 0. The average molecular weight is 596 g/mol.